The number of rotatable bonds is 9. The molecule has 0 aliphatic heterocycles. The summed E-state index contributed by atoms with van der Waals surface area (Å²) >= 11 is 0. The molecule has 0 radical (unpaired) electrons. The van der Waals surface area contributed by atoms with Gasteiger partial charge in [0.2, 0.25) is 0 Å². The molecule has 0 aliphatic rings. The van der Waals surface area contributed by atoms with Crippen molar-refractivity contribution in [2.75, 3.05) is 33.4 Å². The molecule has 0 amide bonds. The van der Waals surface area contributed by atoms with E-state index in [0.29, 0.717) is 0 Å². The van der Waals surface area contributed by atoms with Crippen molar-refractivity contribution < 1.29 is 9.47 Å². The summed E-state index contributed by atoms with van der Waals surface area (Å²) in [5.41, 5.74) is 1.23. The van der Waals surface area contributed by atoms with Gasteiger partial charge >= 0.3 is 0 Å². The zero-order valence-electron chi connectivity index (χ0n) is 10.8. The highest BCUT2D eigenvalue weighted by Gasteiger charge is 2.03. The lowest BCUT2D eigenvalue weighted by Gasteiger charge is -2.13. The molecule has 1 atom stereocenters. The van der Waals surface area contributed by atoms with Crippen molar-refractivity contribution >= 4 is 0 Å². The Labute approximate surface area is 104 Å². The molecular formula is C14H23NO2. The van der Waals surface area contributed by atoms with Crippen LogP contribution in [-0.4, -0.2) is 33.4 Å². The predicted octanol–water partition coefficient (Wildman–Crippen LogP) is 2.39. The average molecular weight is 237 g/mol. The fourth-order valence-corrected chi connectivity index (χ4v) is 1.59. The van der Waals surface area contributed by atoms with E-state index in [1.165, 1.54) is 5.56 Å². The molecule has 1 N–H and O–H groups in total. The summed E-state index contributed by atoms with van der Waals surface area (Å²) in [5, 5.41) is 3.32. The van der Waals surface area contributed by atoms with Gasteiger partial charge in [0.1, 0.15) is 0 Å². The van der Waals surface area contributed by atoms with Crippen molar-refractivity contribution in [3.8, 4) is 0 Å². The fourth-order valence-electron chi connectivity index (χ4n) is 1.59. The van der Waals surface area contributed by atoms with Gasteiger partial charge in [-0.05, 0) is 25.5 Å². The van der Waals surface area contributed by atoms with Gasteiger partial charge in [-0.1, -0.05) is 30.3 Å². The summed E-state index contributed by atoms with van der Waals surface area (Å²) in [7, 11) is 1.73. The minimum absolute atomic E-state index is 0.164. The van der Waals surface area contributed by atoms with Crippen LogP contribution < -0.4 is 5.32 Å². The van der Waals surface area contributed by atoms with E-state index >= 15 is 0 Å². The first kappa shape index (κ1) is 14.2. The zero-order chi connectivity index (χ0) is 12.3. The van der Waals surface area contributed by atoms with Gasteiger partial charge in [0, 0.05) is 20.3 Å². The molecule has 1 unspecified atom stereocenters. The van der Waals surface area contributed by atoms with Gasteiger partial charge in [-0.2, -0.15) is 0 Å². The van der Waals surface area contributed by atoms with Crippen molar-refractivity contribution in [3.05, 3.63) is 35.9 Å². The summed E-state index contributed by atoms with van der Waals surface area (Å²) < 4.78 is 10.7. The van der Waals surface area contributed by atoms with E-state index in [1.807, 2.05) is 18.2 Å². The number of benzene rings is 1. The van der Waals surface area contributed by atoms with E-state index in [-0.39, 0.29) is 6.10 Å². The predicted molar refractivity (Wildman–Crippen MR) is 70.2 cm³/mol. The largest absolute Gasteiger partial charge is 0.385 e. The Bertz CT molecular complexity index is 277. The third kappa shape index (κ3) is 6.41. The quantitative estimate of drug-likeness (QED) is 0.669. The zero-order valence-corrected chi connectivity index (χ0v) is 10.8. The van der Waals surface area contributed by atoms with Crippen LogP contribution in [0.4, 0.5) is 0 Å². The van der Waals surface area contributed by atoms with Gasteiger partial charge in [0.05, 0.1) is 12.7 Å². The highest BCUT2D eigenvalue weighted by Crippen LogP contribution is 2.14. The molecule has 1 aromatic rings. The molecule has 0 saturated carbocycles. The van der Waals surface area contributed by atoms with Crippen LogP contribution in [0.15, 0.2) is 30.3 Å². The minimum Gasteiger partial charge on any atom is -0.385 e. The van der Waals surface area contributed by atoms with E-state index in [2.05, 4.69) is 24.4 Å². The first-order valence-electron chi connectivity index (χ1n) is 6.21. The van der Waals surface area contributed by atoms with Crippen LogP contribution in [0, 0.1) is 0 Å². The minimum atomic E-state index is 0.164. The van der Waals surface area contributed by atoms with E-state index in [4.69, 9.17) is 9.47 Å². The molecule has 0 heterocycles. The smallest absolute Gasteiger partial charge is 0.0797 e. The van der Waals surface area contributed by atoms with Crippen molar-refractivity contribution in [2.24, 2.45) is 0 Å². The SMILES string of the molecule is COCCCNCCOC(C)c1ccccc1. The van der Waals surface area contributed by atoms with Crippen LogP contribution in [0.1, 0.15) is 25.0 Å². The van der Waals surface area contributed by atoms with Gasteiger partial charge in [0.15, 0.2) is 0 Å². The number of hydrogen-bond acceptors (Lipinski definition) is 3. The fraction of sp³-hybridized carbons (Fsp3) is 0.571. The maximum Gasteiger partial charge on any atom is 0.0797 e. The molecule has 0 fully saturated rings. The monoisotopic (exact) mass is 237 g/mol. The molecule has 3 nitrogen and oxygen atoms in total. The highest BCUT2D eigenvalue weighted by molar-refractivity contribution is 5.16. The summed E-state index contributed by atoms with van der Waals surface area (Å²) in [4.78, 5) is 0. The van der Waals surface area contributed by atoms with Crippen LogP contribution in [0.25, 0.3) is 0 Å². The molecular weight excluding hydrogens is 214 g/mol. The maximum atomic E-state index is 5.74. The van der Waals surface area contributed by atoms with Gasteiger partial charge in [-0.3, -0.25) is 0 Å². The Morgan fingerprint density at radius 3 is 2.59 bits per heavy atom. The Morgan fingerprint density at radius 1 is 1.12 bits per heavy atom. The molecule has 0 aliphatic carbocycles. The van der Waals surface area contributed by atoms with E-state index in [9.17, 15) is 0 Å². The lowest BCUT2D eigenvalue weighted by atomic mass is 10.1. The summed E-state index contributed by atoms with van der Waals surface area (Å²) in [5.74, 6) is 0. The standard InChI is InChI=1S/C14H23NO2/c1-13(14-7-4-3-5-8-14)17-12-10-15-9-6-11-16-2/h3-5,7-8,13,15H,6,9-12H2,1-2H3. The topological polar surface area (TPSA) is 30.5 Å². The van der Waals surface area contributed by atoms with Crippen LogP contribution in [-0.2, 0) is 9.47 Å². The molecule has 0 spiro atoms. The molecule has 0 bridgehead atoms. The van der Waals surface area contributed by atoms with Crippen molar-refractivity contribution in [2.45, 2.75) is 19.4 Å². The van der Waals surface area contributed by atoms with Crippen molar-refractivity contribution in [1.82, 2.24) is 5.32 Å². The Kier molecular flexibility index (Phi) is 7.63. The Balaban J connectivity index is 2.03. The number of ether oxygens (including phenoxy) is 2. The number of nitrogens with one attached hydrogen (secondary N) is 1. The summed E-state index contributed by atoms with van der Waals surface area (Å²) in [6, 6.07) is 10.3. The molecule has 1 aromatic carbocycles. The van der Waals surface area contributed by atoms with Crippen molar-refractivity contribution in [3.63, 3.8) is 0 Å². The average Bonchev–Trinajstić information content (AvgIpc) is 2.38. The first-order chi connectivity index (χ1) is 8.34. The summed E-state index contributed by atoms with van der Waals surface area (Å²) in [6.07, 6.45) is 1.21. The van der Waals surface area contributed by atoms with Crippen LogP contribution in [0.5, 0.6) is 0 Å². The molecule has 1 rings (SSSR count). The number of hydrogen-bond donors (Lipinski definition) is 1. The second kappa shape index (κ2) is 9.16. The lowest BCUT2D eigenvalue weighted by Crippen LogP contribution is -2.22. The molecule has 0 saturated heterocycles. The second-order valence-corrected chi connectivity index (χ2v) is 4.02. The molecule has 96 valence electrons. The highest BCUT2D eigenvalue weighted by atomic mass is 16.5. The normalized spacial score (nSPS) is 12.6. The molecule has 17 heavy (non-hydrogen) atoms. The molecule has 3 heteroatoms. The Morgan fingerprint density at radius 2 is 1.88 bits per heavy atom. The third-order valence-electron chi connectivity index (χ3n) is 2.62. The number of methoxy groups -OCH3 is 1. The van der Waals surface area contributed by atoms with Crippen LogP contribution in [0.2, 0.25) is 0 Å². The van der Waals surface area contributed by atoms with Gasteiger partial charge in [-0.25, -0.2) is 0 Å². The lowest BCUT2D eigenvalue weighted by molar-refractivity contribution is 0.0675. The van der Waals surface area contributed by atoms with Crippen LogP contribution in [0.3, 0.4) is 0 Å². The van der Waals surface area contributed by atoms with Gasteiger partial charge in [-0.15, -0.1) is 0 Å². The second-order valence-electron chi connectivity index (χ2n) is 4.02. The summed E-state index contributed by atoms with van der Waals surface area (Å²) in [6.45, 7) is 5.51. The van der Waals surface area contributed by atoms with Crippen LogP contribution >= 0.6 is 0 Å². The maximum absolute atomic E-state index is 5.74. The third-order valence-corrected chi connectivity index (χ3v) is 2.62. The van der Waals surface area contributed by atoms with E-state index < -0.39 is 0 Å². The van der Waals surface area contributed by atoms with E-state index in [1.54, 1.807) is 7.11 Å². The van der Waals surface area contributed by atoms with Gasteiger partial charge < -0.3 is 14.8 Å². The molecule has 0 aromatic heterocycles. The first-order valence-corrected chi connectivity index (χ1v) is 6.21. The van der Waals surface area contributed by atoms with E-state index in [0.717, 1.165) is 32.7 Å². The van der Waals surface area contributed by atoms with Gasteiger partial charge in [0.25, 0.3) is 0 Å². The van der Waals surface area contributed by atoms with Crippen molar-refractivity contribution in [1.29, 1.82) is 0 Å². The Hall–Kier alpha value is -0.900.